The van der Waals surface area contributed by atoms with Crippen molar-refractivity contribution in [3.8, 4) is 5.75 Å². The number of aliphatic carboxylic acids is 1. The maximum Gasteiger partial charge on any atom is 0.317 e. The molecule has 1 saturated heterocycles. The van der Waals surface area contributed by atoms with E-state index in [9.17, 15) is 14.0 Å². The highest BCUT2D eigenvalue weighted by Crippen LogP contribution is 2.21. The number of rotatable bonds is 4. The van der Waals surface area contributed by atoms with Gasteiger partial charge in [0.15, 0.2) is 16.7 Å². The lowest BCUT2D eigenvalue weighted by Gasteiger charge is -2.18. The fourth-order valence-corrected chi connectivity index (χ4v) is 2.67. The first-order valence-electron chi connectivity index (χ1n) is 6.56. The van der Waals surface area contributed by atoms with Crippen LogP contribution in [0, 0.1) is 5.82 Å². The maximum absolute atomic E-state index is 13.7. The van der Waals surface area contributed by atoms with Crippen molar-refractivity contribution < 1.29 is 23.8 Å². The molecule has 1 atom stereocenters. The van der Waals surface area contributed by atoms with Crippen molar-refractivity contribution in [2.75, 3.05) is 7.11 Å². The van der Waals surface area contributed by atoms with Crippen LogP contribution in [0.1, 0.15) is 18.9 Å². The summed E-state index contributed by atoms with van der Waals surface area (Å²) in [5.41, 5.74) is 0.904. The molecular weight excluding hydrogens is 325 g/mol. The molecule has 1 amide bonds. The van der Waals surface area contributed by atoms with Crippen molar-refractivity contribution in [3.05, 3.63) is 29.6 Å². The van der Waals surface area contributed by atoms with Crippen LogP contribution >= 0.6 is 11.8 Å². The Kier molecular flexibility index (Phi) is 5.32. The third-order valence-electron chi connectivity index (χ3n) is 3.01. The van der Waals surface area contributed by atoms with Crippen molar-refractivity contribution >= 4 is 34.5 Å². The number of nitrogens with one attached hydrogen (secondary N) is 1. The predicted molar refractivity (Wildman–Crippen MR) is 84.4 cm³/mol. The van der Waals surface area contributed by atoms with Gasteiger partial charge in [0.05, 0.1) is 12.8 Å². The van der Waals surface area contributed by atoms with Crippen LogP contribution in [0.4, 0.5) is 4.39 Å². The topological polar surface area (TPSA) is 100 Å². The third-order valence-corrected chi connectivity index (χ3v) is 4.07. The summed E-state index contributed by atoms with van der Waals surface area (Å²) in [4.78, 5) is 22.4. The van der Waals surface area contributed by atoms with Crippen molar-refractivity contribution in [1.82, 2.24) is 5.32 Å². The van der Waals surface area contributed by atoms with E-state index >= 15 is 0 Å². The van der Waals surface area contributed by atoms with Crippen LogP contribution in [-0.2, 0) is 9.59 Å². The van der Waals surface area contributed by atoms with Crippen LogP contribution < -0.4 is 10.1 Å². The molecule has 2 rings (SSSR count). The molecule has 0 spiro atoms. The van der Waals surface area contributed by atoms with Gasteiger partial charge in [-0.25, -0.2) is 4.39 Å². The number of methoxy groups -OCH3 is 1. The highest BCUT2D eigenvalue weighted by atomic mass is 32.2. The number of hydrogen-bond acceptors (Lipinski definition) is 6. The molecule has 0 radical (unpaired) electrons. The van der Waals surface area contributed by atoms with Crippen molar-refractivity contribution in [3.63, 3.8) is 0 Å². The Labute approximate surface area is 135 Å². The minimum absolute atomic E-state index is 0.0991. The third kappa shape index (κ3) is 4.28. The fraction of sp³-hybridized carbons (Fsp3) is 0.286. The molecule has 9 heteroatoms. The molecule has 122 valence electrons. The number of halogens is 1. The number of amides is 1. The van der Waals surface area contributed by atoms with E-state index in [0.29, 0.717) is 11.3 Å². The number of ether oxygens (including phenoxy) is 1. The molecule has 0 bridgehead atoms. The van der Waals surface area contributed by atoms with Gasteiger partial charge in [0.2, 0.25) is 5.91 Å². The highest BCUT2D eigenvalue weighted by Gasteiger charge is 2.29. The highest BCUT2D eigenvalue weighted by molar-refractivity contribution is 8.15. The molecule has 1 fully saturated rings. The first kappa shape index (κ1) is 16.9. The van der Waals surface area contributed by atoms with Gasteiger partial charge < -0.3 is 15.2 Å². The number of carbonyl (C=O) groups excluding carboxylic acids is 1. The molecule has 1 aliphatic heterocycles. The molecule has 0 saturated carbocycles. The summed E-state index contributed by atoms with van der Waals surface area (Å²) in [6.07, 6.45) is -0.120. The molecule has 1 aromatic carbocycles. The van der Waals surface area contributed by atoms with E-state index in [1.807, 2.05) is 0 Å². The minimum atomic E-state index is -1.09. The van der Waals surface area contributed by atoms with Gasteiger partial charge >= 0.3 is 5.97 Å². The Morgan fingerprint density at radius 3 is 2.87 bits per heavy atom. The largest absolute Gasteiger partial charge is 0.494 e. The molecule has 1 heterocycles. The van der Waals surface area contributed by atoms with Gasteiger partial charge in [-0.05, 0) is 25.1 Å². The summed E-state index contributed by atoms with van der Waals surface area (Å²) in [5, 5.41) is 18.4. The smallest absolute Gasteiger partial charge is 0.317 e. The van der Waals surface area contributed by atoms with Crippen LogP contribution in [0.2, 0.25) is 0 Å². The van der Waals surface area contributed by atoms with E-state index in [4.69, 9.17) is 9.84 Å². The van der Waals surface area contributed by atoms with Gasteiger partial charge in [0, 0.05) is 12.0 Å². The summed E-state index contributed by atoms with van der Waals surface area (Å²) in [7, 11) is 1.37. The zero-order chi connectivity index (χ0) is 17.0. The van der Waals surface area contributed by atoms with Crippen LogP contribution in [-0.4, -0.2) is 40.2 Å². The second-order valence-corrected chi connectivity index (χ2v) is 5.83. The second kappa shape index (κ2) is 7.23. The molecule has 1 aromatic rings. The molecule has 7 nitrogen and oxygen atoms in total. The van der Waals surface area contributed by atoms with E-state index in [-0.39, 0.29) is 17.3 Å². The molecule has 0 aromatic heterocycles. The van der Waals surface area contributed by atoms with Crippen molar-refractivity contribution in [2.45, 2.75) is 18.6 Å². The van der Waals surface area contributed by atoms with Gasteiger partial charge in [0.1, 0.15) is 5.25 Å². The average Bonchev–Trinajstić information content (AvgIpc) is 2.52. The number of carbonyl (C=O) groups is 2. The number of carboxylic acid groups (broad SMARTS) is 1. The van der Waals surface area contributed by atoms with Gasteiger partial charge in [-0.2, -0.15) is 5.10 Å². The number of thioether (sulfide) groups is 1. The Morgan fingerprint density at radius 1 is 1.52 bits per heavy atom. The summed E-state index contributed by atoms with van der Waals surface area (Å²) < 4.78 is 18.5. The molecule has 0 aliphatic carbocycles. The maximum atomic E-state index is 13.7. The van der Waals surface area contributed by atoms with Gasteiger partial charge in [-0.3, -0.25) is 9.59 Å². The van der Waals surface area contributed by atoms with E-state index in [2.05, 4.69) is 15.5 Å². The van der Waals surface area contributed by atoms with Crippen LogP contribution in [0.3, 0.4) is 0 Å². The SMILES string of the molecule is COc1ccc(/C(C)=N\N=C2/NC(=O)C[C@@H](C(=O)O)S2)cc1F. The number of nitrogens with zero attached hydrogens (tertiary/aromatic N) is 2. The van der Waals surface area contributed by atoms with Crippen LogP contribution in [0.25, 0.3) is 0 Å². The van der Waals surface area contributed by atoms with Crippen LogP contribution in [0.5, 0.6) is 5.75 Å². The second-order valence-electron chi connectivity index (χ2n) is 4.64. The Balaban J connectivity index is 2.18. The minimum Gasteiger partial charge on any atom is -0.494 e. The molecule has 23 heavy (non-hydrogen) atoms. The summed E-state index contributed by atoms with van der Waals surface area (Å²) >= 11 is 0.907. The molecule has 1 aliphatic rings. The van der Waals surface area contributed by atoms with Crippen molar-refractivity contribution in [2.24, 2.45) is 10.2 Å². The zero-order valence-electron chi connectivity index (χ0n) is 12.4. The van der Waals surface area contributed by atoms with E-state index in [1.54, 1.807) is 13.0 Å². The van der Waals surface area contributed by atoms with E-state index < -0.39 is 22.9 Å². The first-order chi connectivity index (χ1) is 10.9. The number of benzene rings is 1. The zero-order valence-corrected chi connectivity index (χ0v) is 13.2. The van der Waals surface area contributed by atoms with Gasteiger partial charge in [0.25, 0.3) is 0 Å². The molecular formula is C14H14FN3O4S. The number of amidine groups is 1. The standard InChI is InChI=1S/C14H14FN3O4S/c1-7(8-3-4-10(22-2)9(15)5-8)17-18-14-16-12(19)6-11(23-14)13(20)21/h3-5,11H,6H2,1-2H3,(H,20,21)(H,16,18,19)/b17-7-/t11-/m0/s1. The fourth-order valence-electron chi connectivity index (χ4n) is 1.80. The lowest BCUT2D eigenvalue weighted by Crippen LogP contribution is -2.40. The summed E-state index contributed by atoms with van der Waals surface area (Å²) in [6.45, 7) is 1.62. The Bertz CT molecular complexity index is 705. The summed E-state index contributed by atoms with van der Waals surface area (Å²) in [6, 6.07) is 4.34. The predicted octanol–water partition coefficient (Wildman–Crippen LogP) is 1.62. The normalized spacial score (nSPS) is 20.3. The lowest BCUT2D eigenvalue weighted by atomic mass is 10.1. The van der Waals surface area contributed by atoms with E-state index in [0.717, 1.165) is 11.8 Å². The Morgan fingerprint density at radius 2 is 2.26 bits per heavy atom. The summed E-state index contributed by atoms with van der Waals surface area (Å²) in [5.74, 6) is -1.93. The average molecular weight is 339 g/mol. The monoisotopic (exact) mass is 339 g/mol. The quantitative estimate of drug-likeness (QED) is 0.641. The van der Waals surface area contributed by atoms with E-state index in [1.165, 1.54) is 19.2 Å². The molecule has 2 N–H and O–H groups in total. The molecule has 0 unspecified atom stereocenters. The number of hydrogen-bond donors (Lipinski definition) is 2. The van der Waals surface area contributed by atoms with Crippen LogP contribution in [0.15, 0.2) is 28.4 Å². The lowest BCUT2D eigenvalue weighted by molar-refractivity contribution is -0.138. The Hall–Kier alpha value is -2.42. The first-order valence-corrected chi connectivity index (χ1v) is 7.44. The number of carboxylic acids is 1. The van der Waals surface area contributed by atoms with Gasteiger partial charge in [-0.1, -0.05) is 11.8 Å². The van der Waals surface area contributed by atoms with Gasteiger partial charge in [-0.15, -0.1) is 5.10 Å². The van der Waals surface area contributed by atoms with Crippen molar-refractivity contribution in [1.29, 1.82) is 0 Å².